The molecule has 0 amide bonds. The first-order valence-electron chi connectivity index (χ1n) is 6.04. The normalized spacial score (nSPS) is 13.9. The first kappa shape index (κ1) is 14.2. The Labute approximate surface area is 93.4 Å². The van der Waals surface area contributed by atoms with Crippen molar-refractivity contribution in [2.75, 3.05) is 0 Å². The minimum Gasteiger partial charge on any atom is -0.478 e. The van der Waals surface area contributed by atoms with E-state index in [4.69, 9.17) is 5.11 Å². The van der Waals surface area contributed by atoms with Gasteiger partial charge in [-0.15, -0.1) is 0 Å². The molecular weight excluding hydrogens is 188 g/mol. The Morgan fingerprint density at radius 1 is 1.33 bits per heavy atom. The fourth-order valence-corrected chi connectivity index (χ4v) is 1.77. The van der Waals surface area contributed by atoms with E-state index in [2.05, 4.69) is 13.8 Å². The zero-order valence-corrected chi connectivity index (χ0v) is 10.3. The fraction of sp³-hybridized carbons (Fsp3) is 0.769. The molecule has 1 unspecified atom stereocenters. The summed E-state index contributed by atoms with van der Waals surface area (Å²) in [6.45, 7) is 6.14. The minimum absolute atomic E-state index is 0.541. The molecule has 0 aliphatic heterocycles. The van der Waals surface area contributed by atoms with Gasteiger partial charge in [-0.25, -0.2) is 4.79 Å². The van der Waals surface area contributed by atoms with Crippen molar-refractivity contribution in [1.29, 1.82) is 0 Å². The Kier molecular flexibility index (Phi) is 8.06. The second-order valence-electron chi connectivity index (χ2n) is 4.09. The van der Waals surface area contributed by atoms with Gasteiger partial charge in [-0.1, -0.05) is 52.0 Å². The maximum atomic E-state index is 10.8. The molecule has 0 radical (unpaired) electrons. The van der Waals surface area contributed by atoms with Crippen LogP contribution >= 0.6 is 0 Å². The van der Waals surface area contributed by atoms with Crippen LogP contribution in [0.25, 0.3) is 0 Å². The minimum atomic E-state index is -0.758. The SMILES string of the molecule is C/C=C(\CC(CC)CCCCC)C(=O)O. The second-order valence-corrected chi connectivity index (χ2v) is 4.09. The van der Waals surface area contributed by atoms with Crippen molar-refractivity contribution in [3.05, 3.63) is 11.6 Å². The molecule has 0 bridgehead atoms. The molecule has 0 heterocycles. The highest BCUT2D eigenvalue weighted by atomic mass is 16.4. The highest BCUT2D eigenvalue weighted by Crippen LogP contribution is 2.21. The van der Waals surface area contributed by atoms with Crippen LogP contribution in [0.1, 0.15) is 59.3 Å². The van der Waals surface area contributed by atoms with Crippen LogP contribution in [0.2, 0.25) is 0 Å². The van der Waals surface area contributed by atoms with Crippen molar-refractivity contribution in [2.45, 2.75) is 59.3 Å². The van der Waals surface area contributed by atoms with E-state index in [0.717, 1.165) is 19.3 Å². The van der Waals surface area contributed by atoms with Gasteiger partial charge in [0.2, 0.25) is 0 Å². The summed E-state index contributed by atoms with van der Waals surface area (Å²) in [6, 6.07) is 0. The molecule has 0 aliphatic rings. The summed E-state index contributed by atoms with van der Waals surface area (Å²) < 4.78 is 0. The van der Waals surface area contributed by atoms with Gasteiger partial charge >= 0.3 is 5.97 Å². The molecular formula is C13H24O2. The van der Waals surface area contributed by atoms with Gasteiger partial charge < -0.3 is 5.11 Å². The van der Waals surface area contributed by atoms with E-state index < -0.39 is 5.97 Å². The topological polar surface area (TPSA) is 37.3 Å². The molecule has 15 heavy (non-hydrogen) atoms. The molecule has 0 rings (SSSR count). The lowest BCUT2D eigenvalue weighted by Gasteiger charge is -2.14. The summed E-state index contributed by atoms with van der Waals surface area (Å²) in [5.74, 6) is -0.217. The number of aliphatic carboxylic acids is 1. The van der Waals surface area contributed by atoms with E-state index in [1.54, 1.807) is 6.08 Å². The molecule has 0 saturated heterocycles. The Morgan fingerprint density at radius 3 is 2.40 bits per heavy atom. The van der Waals surface area contributed by atoms with Crippen molar-refractivity contribution in [3.63, 3.8) is 0 Å². The van der Waals surface area contributed by atoms with Crippen LogP contribution < -0.4 is 0 Å². The first-order valence-corrected chi connectivity index (χ1v) is 6.04. The molecule has 0 aromatic rings. The van der Waals surface area contributed by atoms with Crippen LogP contribution in [0.15, 0.2) is 11.6 Å². The maximum Gasteiger partial charge on any atom is 0.331 e. The summed E-state index contributed by atoms with van der Waals surface area (Å²) >= 11 is 0. The number of carboxylic acids is 1. The molecule has 2 nitrogen and oxygen atoms in total. The number of allylic oxidation sites excluding steroid dienone is 1. The lowest BCUT2D eigenvalue weighted by atomic mass is 9.91. The standard InChI is InChI=1S/C13H24O2/c1-4-7-8-9-11(5-2)10-12(6-3)13(14)15/h6,11H,4-5,7-10H2,1-3H3,(H,14,15)/b12-6+. The van der Waals surface area contributed by atoms with Crippen molar-refractivity contribution in [3.8, 4) is 0 Å². The summed E-state index contributed by atoms with van der Waals surface area (Å²) in [6.07, 6.45) is 8.41. The first-order chi connectivity index (χ1) is 7.15. The average molecular weight is 212 g/mol. The number of rotatable bonds is 8. The van der Waals surface area contributed by atoms with Crippen LogP contribution in [0, 0.1) is 5.92 Å². The van der Waals surface area contributed by atoms with E-state index in [9.17, 15) is 4.79 Å². The molecule has 0 saturated carbocycles. The van der Waals surface area contributed by atoms with Crippen LogP contribution in [-0.4, -0.2) is 11.1 Å². The van der Waals surface area contributed by atoms with Gasteiger partial charge in [-0.2, -0.15) is 0 Å². The summed E-state index contributed by atoms with van der Waals surface area (Å²) in [7, 11) is 0. The molecule has 1 atom stereocenters. The van der Waals surface area contributed by atoms with Gasteiger partial charge in [0.25, 0.3) is 0 Å². The fourth-order valence-electron chi connectivity index (χ4n) is 1.77. The lowest BCUT2D eigenvalue weighted by molar-refractivity contribution is -0.132. The van der Waals surface area contributed by atoms with E-state index in [0.29, 0.717) is 11.5 Å². The van der Waals surface area contributed by atoms with Crippen LogP contribution in [0.4, 0.5) is 0 Å². The molecule has 0 aromatic heterocycles. The molecule has 1 N–H and O–H groups in total. The highest BCUT2D eigenvalue weighted by molar-refractivity contribution is 5.86. The van der Waals surface area contributed by atoms with Crippen LogP contribution in [0.5, 0.6) is 0 Å². The Bertz CT molecular complexity index is 207. The van der Waals surface area contributed by atoms with Gasteiger partial charge in [0.1, 0.15) is 0 Å². The van der Waals surface area contributed by atoms with Crippen molar-refractivity contribution >= 4 is 5.97 Å². The zero-order valence-electron chi connectivity index (χ0n) is 10.3. The third-order valence-electron chi connectivity index (χ3n) is 2.93. The molecule has 0 fully saturated rings. The number of hydrogen-bond acceptors (Lipinski definition) is 1. The van der Waals surface area contributed by atoms with Gasteiger partial charge in [0.15, 0.2) is 0 Å². The van der Waals surface area contributed by atoms with Crippen molar-refractivity contribution < 1.29 is 9.90 Å². The van der Waals surface area contributed by atoms with Gasteiger partial charge in [0.05, 0.1) is 0 Å². The van der Waals surface area contributed by atoms with Crippen molar-refractivity contribution in [2.24, 2.45) is 5.92 Å². The number of carbonyl (C=O) groups is 1. The second kappa shape index (κ2) is 8.51. The summed E-state index contributed by atoms with van der Waals surface area (Å²) in [5, 5.41) is 8.92. The average Bonchev–Trinajstić information content (AvgIpc) is 2.22. The van der Waals surface area contributed by atoms with E-state index in [-0.39, 0.29) is 0 Å². The van der Waals surface area contributed by atoms with E-state index in [1.165, 1.54) is 19.3 Å². The van der Waals surface area contributed by atoms with Crippen LogP contribution in [0.3, 0.4) is 0 Å². The highest BCUT2D eigenvalue weighted by Gasteiger charge is 2.13. The summed E-state index contributed by atoms with van der Waals surface area (Å²) in [5.41, 5.74) is 0.568. The predicted octanol–water partition coefficient (Wildman–Crippen LogP) is 4.01. The molecule has 0 spiro atoms. The lowest BCUT2D eigenvalue weighted by Crippen LogP contribution is -2.07. The third-order valence-corrected chi connectivity index (χ3v) is 2.93. The number of hydrogen-bond donors (Lipinski definition) is 1. The third kappa shape index (κ3) is 6.32. The van der Waals surface area contributed by atoms with Crippen LogP contribution in [-0.2, 0) is 4.79 Å². The van der Waals surface area contributed by atoms with Gasteiger partial charge in [-0.3, -0.25) is 0 Å². The molecule has 88 valence electrons. The summed E-state index contributed by atoms with van der Waals surface area (Å²) in [4.78, 5) is 10.8. The largest absolute Gasteiger partial charge is 0.478 e. The quantitative estimate of drug-likeness (QED) is 0.487. The Balaban J connectivity index is 4.02. The smallest absolute Gasteiger partial charge is 0.331 e. The van der Waals surface area contributed by atoms with Crippen molar-refractivity contribution in [1.82, 2.24) is 0 Å². The zero-order chi connectivity index (χ0) is 11.7. The van der Waals surface area contributed by atoms with E-state index in [1.807, 2.05) is 6.92 Å². The molecule has 0 aliphatic carbocycles. The number of carboxylic acid groups (broad SMARTS) is 1. The van der Waals surface area contributed by atoms with E-state index >= 15 is 0 Å². The Hall–Kier alpha value is -0.790. The predicted molar refractivity (Wildman–Crippen MR) is 63.9 cm³/mol. The molecule has 2 heteroatoms. The Morgan fingerprint density at radius 2 is 2.00 bits per heavy atom. The van der Waals surface area contributed by atoms with Gasteiger partial charge in [-0.05, 0) is 19.3 Å². The number of unbranched alkanes of at least 4 members (excludes halogenated alkanes) is 2. The molecule has 0 aromatic carbocycles. The monoisotopic (exact) mass is 212 g/mol. The van der Waals surface area contributed by atoms with Gasteiger partial charge in [0, 0.05) is 5.57 Å². The maximum absolute atomic E-state index is 10.8.